The smallest absolute Gasteiger partial charge is 0.124 e. The van der Waals surface area contributed by atoms with E-state index in [4.69, 9.17) is 5.73 Å². The maximum Gasteiger partial charge on any atom is 0.124 e. The average Bonchev–Trinajstić information content (AvgIpc) is 2.39. The van der Waals surface area contributed by atoms with Gasteiger partial charge in [-0.15, -0.1) is 0 Å². The van der Waals surface area contributed by atoms with E-state index in [0.717, 1.165) is 16.5 Å². The fraction of sp³-hybridized carbons (Fsp3) is 0.200. The summed E-state index contributed by atoms with van der Waals surface area (Å²) >= 11 is 3.40. The van der Waals surface area contributed by atoms with Crippen LogP contribution in [0.2, 0.25) is 0 Å². The molecule has 0 radical (unpaired) electrons. The summed E-state index contributed by atoms with van der Waals surface area (Å²) in [4.78, 5) is 0. The van der Waals surface area contributed by atoms with Crippen molar-refractivity contribution >= 4 is 15.9 Å². The van der Waals surface area contributed by atoms with Crippen molar-refractivity contribution < 1.29 is 4.39 Å². The quantitative estimate of drug-likeness (QED) is 0.911. The number of rotatable bonds is 4. The second-order valence-electron chi connectivity index (χ2n) is 4.28. The van der Waals surface area contributed by atoms with E-state index in [2.05, 4.69) is 28.1 Å². The van der Waals surface area contributed by atoms with Crippen LogP contribution in [-0.4, -0.2) is 6.54 Å². The Morgan fingerprint density at radius 3 is 2.44 bits per heavy atom. The molecule has 1 unspecified atom stereocenters. The standard InChI is InChI=1S/C15H15BrFN/c16-15-9-14(17)7-6-12(15)8-13(10-18)11-4-2-1-3-5-11/h1-7,9,13H,8,10,18H2. The molecule has 0 spiro atoms. The van der Waals surface area contributed by atoms with Gasteiger partial charge in [0.15, 0.2) is 0 Å². The number of hydrogen-bond acceptors (Lipinski definition) is 1. The molecule has 0 aromatic heterocycles. The molecule has 0 aliphatic rings. The first kappa shape index (κ1) is 13.2. The molecular formula is C15H15BrFN. The molecular weight excluding hydrogens is 293 g/mol. The Balaban J connectivity index is 2.21. The fourth-order valence-electron chi connectivity index (χ4n) is 2.02. The molecule has 0 amide bonds. The highest BCUT2D eigenvalue weighted by Crippen LogP contribution is 2.25. The topological polar surface area (TPSA) is 26.0 Å². The molecule has 3 heteroatoms. The van der Waals surface area contributed by atoms with Gasteiger partial charge in [-0.25, -0.2) is 4.39 Å². The van der Waals surface area contributed by atoms with E-state index in [1.807, 2.05) is 24.3 Å². The molecule has 0 fully saturated rings. The Morgan fingerprint density at radius 2 is 1.83 bits per heavy atom. The van der Waals surface area contributed by atoms with Crippen LogP contribution in [0.4, 0.5) is 4.39 Å². The molecule has 0 saturated heterocycles. The largest absolute Gasteiger partial charge is 0.330 e. The second-order valence-corrected chi connectivity index (χ2v) is 5.14. The van der Waals surface area contributed by atoms with E-state index in [-0.39, 0.29) is 11.7 Å². The summed E-state index contributed by atoms with van der Waals surface area (Å²) in [6.45, 7) is 0.577. The number of benzene rings is 2. The Morgan fingerprint density at radius 1 is 1.11 bits per heavy atom. The van der Waals surface area contributed by atoms with Crippen LogP contribution in [0.1, 0.15) is 17.0 Å². The normalized spacial score (nSPS) is 12.4. The number of nitrogens with two attached hydrogens (primary N) is 1. The van der Waals surface area contributed by atoms with Gasteiger partial charge < -0.3 is 5.73 Å². The van der Waals surface area contributed by atoms with Crippen molar-refractivity contribution in [3.05, 3.63) is 69.9 Å². The Hall–Kier alpha value is -1.19. The molecule has 0 aliphatic heterocycles. The van der Waals surface area contributed by atoms with Gasteiger partial charge in [0, 0.05) is 10.4 Å². The van der Waals surface area contributed by atoms with Crippen LogP contribution >= 0.6 is 15.9 Å². The Labute approximate surface area is 115 Å². The SMILES string of the molecule is NCC(Cc1ccc(F)cc1Br)c1ccccc1. The van der Waals surface area contributed by atoms with Gasteiger partial charge in [0.1, 0.15) is 5.82 Å². The van der Waals surface area contributed by atoms with Gasteiger partial charge >= 0.3 is 0 Å². The maximum atomic E-state index is 13.0. The predicted octanol–water partition coefficient (Wildman–Crippen LogP) is 3.87. The zero-order valence-corrected chi connectivity index (χ0v) is 11.5. The van der Waals surface area contributed by atoms with Gasteiger partial charge in [-0.05, 0) is 36.2 Å². The first-order chi connectivity index (χ1) is 8.70. The van der Waals surface area contributed by atoms with Crippen molar-refractivity contribution in [3.8, 4) is 0 Å². The molecule has 94 valence electrons. The molecule has 0 aliphatic carbocycles. The summed E-state index contributed by atoms with van der Waals surface area (Å²) < 4.78 is 13.8. The van der Waals surface area contributed by atoms with E-state index in [1.54, 1.807) is 0 Å². The third kappa shape index (κ3) is 3.18. The van der Waals surface area contributed by atoms with E-state index in [9.17, 15) is 4.39 Å². The minimum absolute atomic E-state index is 0.227. The van der Waals surface area contributed by atoms with Gasteiger partial charge in [0.25, 0.3) is 0 Å². The van der Waals surface area contributed by atoms with Crippen molar-refractivity contribution in [2.75, 3.05) is 6.54 Å². The third-order valence-corrected chi connectivity index (χ3v) is 3.78. The Kier molecular flexibility index (Phi) is 4.50. The summed E-state index contributed by atoms with van der Waals surface area (Å²) in [5, 5.41) is 0. The van der Waals surface area contributed by atoms with Crippen LogP contribution in [0.3, 0.4) is 0 Å². The summed E-state index contributed by atoms with van der Waals surface area (Å²) in [5.41, 5.74) is 8.14. The predicted molar refractivity (Wildman–Crippen MR) is 76.0 cm³/mol. The summed E-state index contributed by atoms with van der Waals surface area (Å²) in [6, 6.07) is 15.0. The van der Waals surface area contributed by atoms with E-state index in [0.29, 0.717) is 6.54 Å². The van der Waals surface area contributed by atoms with Crippen molar-refractivity contribution in [1.82, 2.24) is 0 Å². The highest BCUT2D eigenvalue weighted by atomic mass is 79.9. The van der Waals surface area contributed by atoms with Crippen molar-refractivity contribution in [2.45, 2.75) is 12.3 Å². The minimum atomic E-state index is -0.227. The number of halogens is 2. The lowest BCUT2D eigenvalue weighted by Crippen LogP contribution is -2.15. The van der Waals surface area contributed by atoms with Crippen LogP contribution in [-0.2, 0) is 6.42 Å². The van der Waals surface area contributed by atoms with Crippen LogP contribution in [0.25, 0.3) is 0 Å². The molecule has 0 heterocycles. The van der Waals surface area contributed by atoms with Crippen molar-refractivity contribution in [2.24, 2.45) is 5.73 Å². The van der Waals surface area contributed by atoms with Crippen LogP contribution < -0.4 is 5.73 Å². The summed E-state index contributed by atoms with van der Waals surface area (Å²) in [6.07, 6.45) is 0.807. The lowest BCUT2D eigenvalue weighted by Gasteiger charge is -2.16. The monoisotopic (exact) mass is 307 g/mol. The lowest BCUT2D eigenvalue weighted by molar-refractivity contribution is 0.624. The molecule has 0 bridgehead atoms. The fourth-order valence-corrected chi connectivity index (χ4v) is 2.53. The van der Waals surface area contributed by atoms with Gasteiger partial charge in [-0.3, -0.25) is 0 Å². The first-order valence-electron chi connectivity index (χ1n) is 5.89. The average molecular weight is 308 g/mol. The van der Waals surface area contributed by atoms with Crippen molar-refractivity contribution in [3.63, 3.8) is 0 Å². The second kappa shape index (κ2) is 6.12. The zero-order chi connectivity index (χ0) is 13.0. The Bertz CT molecular complexity index is 513. The molecule has 2 aromatic carbocycles. The van der Waals surface area contributed by atoms with E-state index >= 15 is 0 Å². The molecule has 2 aromatic rings. The zero-order valence-electron chi connectivity index (χ0n) is 9.94. The van der Waals surface area contributed by atoms with Crippen LogP contribution in [0.15, 0.2) is 53.0 Å². The molecule has 0 saturated carbocycles. The molecule has 2 rings (SSSR count). The molecule has 1 atom stereocenters. The van der Waals surface area contributed by atoms with Crippen molar-refractivity contribution in [1.29, 1.82) is 0 Å². The summed E-state index contributed by atoms with van der Waals surface area (Å²) in [7, 11) is 0. The molecule has 2 N–H and O–H groups in total. The van der Waals surface area contributed by atoms with Gasteiger partial charge in [0.05, 0.1) is 0 Å². The summed E-state index contributed by atoms with van der Waals surface area (Å²) in [5.74, 6) is 0.0302. The van der Waals surface area contributed by atoms with E-state index < -0.39 is 0 Å². The highest BCUT2D eigenvalue weighted by molar-refractivity contribution is 9.10. The van der Waals surface area contributed by atoms with Gasteiger partial charge in [0.2, 0.25) is 0 Å². The number of hydrogen-bond donors (Lipinski definition) is 1. The first-order valence-corrected chi connectivity index (χ1v) is 6.69. The molecule has 1 nitrogen and oxygen atoms in total. The van der Waals surface area contributed by atoms with Gasteiger partial charge in [-0.2, -0.15) is 0 Å². The minimum Gasteiger partial charge on any atom is -0.330 e. The molecule has 18 heavy (non-hydrogen) atoms. The van der Waals surface area contributed by atoms with Gasteiger partial charge in [-0.1, -0.05) is 52.3 Å². The highest BCUT2D eigenvalue weighted by Gasteiger charge is 2.12. The van der Waals surface area contributed by atoms with E-state index in [1.165, 1.54) is 17.7 Å². The van der Waals surface area contributed by atoms with Crippen LogP contribution in [0.5, 0.6) is 0 Å². The third-order valence-electron chi connectivity index (χ3n) is 3.04. The lowest BCUT2D eigenvalue weighted by atomic mass is 9.92. The van der Waals surface area contributed by atoms with Crippen LogP contribution in [0, 0.1) is 5.82 Å². The maximum absolute atomic E-state index is 13.0.